The van der Waals surface area contributed by atoms with E-state index >= 15 is 0 Å². The lowest BCUT2D eigenvalue weighted by Crippen LogP contribution is -2.53. The monoisotopic (exact) mass is 515 g/mol. The van der Waals surface area contributed by atoms with Crippen LogP contribution < -0.4 is 9.80 Å². The molecule has 1 unspecified atom stereocenters. The number of amides is 1. The highest BCUT2D eigenvalue weighted by molar-refractivity contribution is 5.92. The average Bonchev–Trinajstić information content (AvgIpc) is 2.91. The minimum absolute atomic E-state index is 0.0178. The molecule has 2 aromatic heterocycles. The van der Waals surface area contributed by atoms with Crippen molar-refractivity contribution in [1.29, 1.82) is 0 Å². The molecule has 2 saturated heterocycles. The first-order chi connectivity index (χ1) is 18.3. The van der Waals surface area contributed by atoms with E-state index in [0.29, 0.717) is 18.8 Å². The molecule has 0 N–H and O–H groups in total. The number of nitrogens with zero attached hydrogens (tertiary/aromatic N) is 7. The van der Waals surface area contributed by atoms with Gasteiger partial charge in [0.2, 0.25) is 0 Å². The molecular weight excluding hydrogens is 478 g/mol. The number of benzene rings is 1. The molecule has 3 atom stereocenters. The van der Waals surface area contributed by atoms with E-state index in [2.05, 4.69) is 75.0 Å². The van der Waals surface area contributed by atoms with Crippen molar-refractivity contribution in [3.05, 3.63) is 70.8 Å². The normalized spacial score (nSPS) is 22.0. The third kappa shape index (κ3) is 5.48. The van der Waals surface area contributed by atoms with E-state index in [1.54, 1.807) is 17.3 Å². The Kier molecular flexibility index (Phi) is 7.56. The summed E-state index contributed by atoms with van der Waals surface area (Å²) in [6, 6.07) is 10.6. The van der Waals surface area contributed by atoms with Crippen molar-refractivity contribution in [1.82, 2.24) is 25.1 Å². The van der Waals surface area contributed by atoms with Crippen LogP contribution in [0.2, 0.25) is 0 Å². The summed E-state index contributed by atoms with van der Waals surface area (Å²) in [6.07, 6.45) is 4.14. The summed E-state index contributed by atoms with van der Waals surface area (Å²) in [5.74, 6) is 1.64. The van der Waals surface area contributed by atoms with Gasteiger partial charge in [-0.3, -0.25) is 4.79 Å². The van der Waals surface area contributed by atoms with Gasteiger partial charge < -0.3 is 19.4 Å². The number of anilines is 2. The summed E-state index contributed by atoms with van der Waals surface area (Å²) in [6.45, 7) is 14.0. The highest BCUT2D eigenvalue weighted by atomic mass is 16.5. The Balaban J connectivity index is 1.24. The van der Waals surface area contributed by atoms with E-state index in [0.717, 1.165) is 43.4 Å². The Hall–Kier alpha value is -3.59. The van der Waals surface area contributed by atoms with Gasteiger partial charge in [0.15, 0.2) is 5.82 Å². The molecule has 9 heteroatoms. The SMILES string of the molecule is Cc1c(Cc2ccccc2)nnc(N2CCN(c3cnc(C(=O)N4CC(C)O[C@H](C)C4)cn3)[C@H](C)C2)c1C. The number of carbonyl (C=O) groups is 1. The summed E-state index contributed by atoms with van der Waals surface area (Å²) >= 11 is 0. The maximum atomic E-state index is 13.0. The predicted molar refractivity (Wildman–Crippen MR) is 148 cm³/mol. The highest BCUT2D eigenvalue weighted by Crippen LogP contribution is 2.26. The smallest absolute Gasteiger partial charge is 0.274 e. The third-order valence-electron chi connectivity index (χ3n) is 7.60. The zero-order valence-electron chi connectivity index (χ0n) is 23.0. The van der Waals surface area contributed by atoms with Gasteiger partial charge in [0.25, 0.3) is 5.91 Å². The molecule has 200 valence electrons. The van der Waals surface area contributed by atoms with Crippen molar-refractivity contribution < 1.29 is 9.53 Å². The van der Waals surface area contributed by atoms with Gasteiger partial charge in [0.05, 0.1) is 30.3 Å². The van der Waals surface area contributed by atoms with E-state index in [-0.39, 0.29) is 24.2 Å². The first kappa shape index (κ1) is 26.0. The molecule has 0 spiro atoms. The molecule has 0 radical (unpaired) electrons. The van der Waals surface area contributed by atoms with Crippen molar-refractivity contribution in [2.75, 3.05) is 42.5 Å². The van der Waals surface area contributed by atoms with Crippen LogP contribution in [0.3, 0.4) is 0 Å². The van der Waals surface area contributed by atoms with Crippen molar-refractivity contribution in [3.8, 4) is 0 Å². The largest absolute Gasteiger partial charge is 0.372 e. The summed E-state index contributed by atoms with van der Waals surface area (Å²) in [5, 5.41) is 9.27. The van der Waals surface area contributed by atoms with Gasteiger partial charge in [-0.05, 0) is 51.3 Å². The fourth-order valence-corrected chi connectivity index (χ4v) is 5.48. The number of hydrogen-bond donors (Lipinski definition) is 0. The first-order valence-corrected chi connectivity index (χ1v) is 13.4. The van der Waals surface area contributed by atoms with Crippen LogP contribution in [0.15, 0.2) is 42.7 Å². The standard InChI is InChI=1S/C29H37N7O2/c1-19-16-34(28-23(5)22(4)25(32-33-28)13-24-9-7-6-8-10-24)11-12-36(19)27-15-30-26(14-31-27)29(37)35-17-20(2)38-21(3)18-35/h6-10,14-15,19-21H,11-13,16-18H2,1-5H3/t19-,20-,21?/m1/s1. The van der Waals surface area contributed by atoms with Gasteiger partial charge in [0.1, 0.15) is 11.5 Å². The number of carbonyl (C=O) groups excluding carboxylic acids is 1. The molecule has 4 heterocycles. The second kappa shape index (κ2) is 11.0. The molecule has 5 rings (SSSR count). The third-order valence-corrected chi connectivity index (χ3v) is 7.60. The van der Waals surface area contributed by atoms with Crippen LogP contribution in [-0.4, -0.2) is 81.9 Å². The number of aromatic nitrogens is 4. The number of piperazine rings is 1. The average molecular weight is 516 g/mol. The van der Waals surface area contributed by atoms with Gasteiger partial charge >= 0.3 is 0 Å². The summed E-state index contributed by atoms with van der Waals surface area (Å²) in [4.78, 5) is 28.4. The van der Waals surface area contributed by atoms with Crippen LogP contribution in [0.4, 0.5) is 11.6 Å². The van der Waals surface area contributed by atoms with E-state index in [4.69, 9.17) is 4.74 Å². The molecule has 1 aromatic carbocycles. The fourth-order valence-electron chi connectivity index (χ4n) is 5.48. The Labute approximate surface area is 224 Å². The molecule has 38 heavy (non-hydrogen) atoms. The van der Waals surface area contributed by atoms with Gasteiger partial charge in [-0.15, -0.1) is 5.10 Å². The molecule has 0 bridgehead atoms. The minimum Gasteiger partial charge on any atom is -0.372 e. The van der Waals surface area contributed by atoms with Crippen LogP contribution in [0, 0.1) is 13.8 Å². The van der Waals surface area contributed by atoms with Gasteiger partial charge in [-0.1, -0.05) is 30.3 Å². The van der Waals surface area contributed by atoms with Crippen LogP contribution >= 0.6 is 0 Å². The van der Waals surface area contributed by atoms with Gasteiger partial charge in [0, 0.05) is 45.2 Å². The molecule has 2 fully saturated rings. The first-order valence-electron chi connectivity index (χ1n) is 13.4. The van der Waals surface area contributed by atoms with Gasteiger partial charge in [-0.2, -0.15) is 5.10 Å². The number of hydrogen-bond acceptors (Lipinski definition) is 8. The van der Waals surface area contributed by atoms with E-state index in [1.807, 2.05) is 19.9 Å². The molecular formula is C29H37N7O2. The van der Waals surface area contributed by atoms with E-state index in [9.17, 15) is 4.79 Å². The molecule has 0 saturated carbocycles. The van der Waals surface area contributed by atoms with Crippen molar-refractivity contribution in [2.45, 2.75) is 59.3 Å². The van der Waals surface area contributed by atoms with E-state index in [1.165, 1.54) is 16.7 Å². The van der Waals surface area contributed by atoms with Crippen molar-refractivity contribution in [2.24, 2.45) is 0 Å². The fraction of sp³-hybridized carbons (Fsp3) is 0.483. The lowest BCUT2D eigenvalue weighted by atomic mass is 10.0. The van der Waals surface area contributed by atoms with E-state index < -0.39 is 0 Å². The zero-order valence-corrected chi connectivity index (χ0v) is 23.0. The minimum atomic E-state index is -0.0935. The molecule has 2 aliphatic heterocycles. The maximum Gasteiger partial charge on any atom is 0.274 e. The summed E-state index contributed by atoms with van der Waals surface area (Å²) in [7, 11) is 0. The Bertz CT molecular complexity index is 1260. The second-order valence-corrected chi connectivity index (χ2v) is 10.6. The summed E-state index contributed by atoms with van der Waals surface area (Å²) in [5.41, 5.74) is 5.01. The van der Waals surface area contributed by atoms with Crippen LogP contribution in [-0.2, 0) is 11.2 Å². The number of morpholine rings is 1. The number of ether oxygens (including phenoxy) is 1. The van der Waals surface area contributed by atoms with Crippen molar-refractivity contribution >= 4 is 17.5 Å². The highest BCUT2D eigenvalue weighted by Gasteiger charge is 2.30. The maximum absolute atomic E-state index is 13.0. The Morgan fingerprint density at radius 2 is 1.66 bits per heavy atom. The Morgan fingerprint density at radius 3 is 2.32 bits per heavy atom. The molecule has 1 amide bonds. The van der Waals surface area contributed by atoms with Crippen LogP contribution in [0.25, 0.3) is 0 Å². The number of rotatable bonds is 5. The molecule has 0 aliphatic carbocycles. The second-order valence-electron chi connectivity index (χ2n) is 10.6. The van der Waals surface area contributed by atoms with Crippen molar-refractivity contribution in [3.63, 3.8) is 0 Å². The molecule has 9 nitrogen and oxygen atoms in total. The molecule has 3 aromatic rings. The lowest BCUT2D eigenvalue weighted by Gasteiger charge is -2.41. The van der Waals surface area contributed by atoms with Crippen LogP contribution in [0.5, 0.6) is 0 Å². The van der Waals surface area contributed by atoms with Gasteiger partial charge in [-0.25, -0.2) is 9.97 Å². The Morgan fingerprint density at radius 1 is 0.921 bits per heavy atom. The topological polar surface area (TPSA) is 87.6 Å². The summed E-state index contributed by atoms with van der Waals surface area (Å²) < 4.78 is 5.75. The van der Waals surface area contributed by atoms with Crippen LogP contribution in [0.1, 0.15) is 53.6 Å². The molecule has 2 aliphatic rings. The lowest BCUT2D eigenvalue weighted by molar-refractivity contribution is -0.0587. The quantitative estimate of drug-likeness (QED) is 0.511. The predicted octanol–water partition coefficient (Wildman–Crippen LogP) is 3.44. The zero-order chi connectivity index (χ0) is 26.8.